The van der Waals surface area contributed by atoms with E-state index in [1.165, 1.54) is 11.4 Å². The summed E-state index contributed by atoms with van der Waals surface area (Å²) in [4.78, 5) is 16.5. The number of aromatic nitrogens is 1. The van der Waals surface area contributed by atoms with Crippen molar-refractivity contribution in [2.24, 2.45) is 0 Å². The molecule has 1 aliphatic rings. The van der Waals surface area contributed by atoms with Crippen LogP contribution in [0.5, 0.6) is 0 Å². The minimum absolute atomic E-state index is 0.207. The van der Waals surface area contributed by atoms with Gasteiger partial charge in [0.15, 0.2) is 0 Å². The maximum atomic E-state index is 13.2. The number of amides is 1. The van der Waals surface area contributed by atoms with Crippen LogP contribution in [0.1, 0.15) is 19.3 Å². The van der Waals surface area contributed by atoms with E-state index in [4.69, 9.17) is 0 Å². The van der Waals surface area contributed by atoms with Gasteiger partial charge in [-0.25, -0.2) is 8.42 Å². The van der Waals surface area contributed by atoms with Gasteiger partial charge in [0.2, 0.25) is 15.9 Å². The molecule has 1 saturated heterocycles. The van der Waals surface area contributed by atoms with Crippen LogP contribution in [0.2, 0.25) is 0 Å². The molecule has 122 valence electrons. The molecule has 1 aromatic carbocycles. The van der Waals surface area contributed by atoms with E-state index in [0.29, 0.717) is 23.9 Å². The summed E-state index contributed by atoms with van der Waals surface area (Å²) >= 11 is 0. The minimum Gasteiger partial charge on any atom is -0.358 e. The number of fused-ring (bicyclic) bond motifs is 1. The van der Waals surface area contributed by atoms with Crippen LogP contribution in [0.25, 0.3) is 10.9 Å². The maximum Gasteiger partial charge on any atom is 0.244 e. The Morgan fingerprint density at radius 1 is 1.26 bits per heavy atom. The highest BCUT2D eigenvalue weighted by Crippen LogP contribution is 2.29. The average Bonchev–Trinajstić information content (AvgIpc) is 2.60. The predicted molar refractivity (Wildman–Crippen MR) is 87.3 cm³/mol. The third kappa shape index (κ3) is 2.82. The molecule has 0 aliphatic carbocycles. The highest BCUT2D eigenvalue weighted by Gasteiger charge is 2.37. The highest BCUT2D eigenvalue weighted by atomic mass is 32.2. The van der Waals surface area contributed by atoms with Crippen LogP contribution in [0.3, 0.4) is 0 Å². The number of nitrogens with zero attached hydrogens (tertiary/aromatic N) is 2. The molecule has 0 bridgehead atoms. The summed E-state index contributed by atoms with van der Waals surface area (Å²) in [7, 11) is -2.23. The van der Waals surface area contributed by atoms with E-state index in [-0.39, 0.29) is 10.8 Å². The summed E-state index contributed by atoms with van der Waals surface area (Å²) < 4.78 is 27.6. The SMILES string of the molecule is CNC(=O)C1CCCCN1S(=O)(=O)c1cccc2ncccc12. The van der Waals surface area contributed by atoms with E-state index in [0.717, 1.165) is 12.8 Å². The highest BCUT2D eigenvalue weighted by molar-refractivity contribution is 7.89. The van der Waals surface area contributed by atoms with Crippen molar-refractivity contribution in [3.63, 3.8) is 0 Å². The van der Waals surface area contributed by atoms with Crippen LogP contribution < -0.4 is 5.32 Å². The standard InChI is InChI=1S/C16H19N3O3S/c1-17-16(20)14-8-2-3-11-19(14)23(21,22)15-9-4-7-13-12(15)6-5-10-18-13/h4-7,9-10,14H,2-3,8,11H2,1H3,(H,17,20). The third-order valence-electron chi connectivity index (χ3n) is 4.20. The number of carbonyl (C=O) groups is 1. The van der Waals surface area contributed by atoms with Gasteiger partial charge < -0.3 is 5.32 Å². The van der Waals surface area contributed by atoms with Crippen molar-refractivity contribution >= 4 is 26.8 Å². The molecule has 6 nitrogen and oxygen atoms in total. The van der Waals surface area contributed by atoms with Gasteiger partial charge in [0.25, 0.3) is 0 Å². The fraction of sp³-hybridized carbons (Fsp3) is 0.375. The Labute approximate surface area is 135 Å². The Bertz CT molecular complexity index is 830. The number of rotatable bonds is 3. The van der Waals surface area contributed by atoms with E-state index in [1.807, 2.05) is 0 Å². The van der Waals surface area contributed by atoms with Gasteiger partial charge in [-0.15, -0.1) is 0 Å². The first kappa shape index (κ1) is 15.9. The van der Waals surface area contributed by atoms with Crippen molar-refractivity contribution < 1.29 is 13.2 Å². The molecule has 3 rings (SSSR count). The number of sulfonamides is 1. The second-order valence-electron chi connectivity index (χ2n) is 5.57. The number of likely N-dealkylation sites (N-methyl/N-ethyl adjacent to an activating group) is 1. The number of pyridine rings is 1. The Morgan fingerprint density at radius 2 is 2.09 bits per heavy atom. The lowest BCUT2D eigenvalue weighted by atomic mass is 10.0. The maximum absolute atomic E-state index is 13.2. The third-order valence-corrected chi connectivity index (χ3v) is 6.16. The van der Waals surface area contributed by atoms with E-state index in [1.54, 1.807) is 36.5 Å². The molecular formula is C16H19N3O3S. The van der Waals surface area contributed by atoms with Gasteiger partial charge in [0.1, 0.15) is 6.04 Å². The van der Waals surface area contributed by atoms with Gasteiger partial charge in [0, 0.05) is 25.2 Å². The summed E-state index contributed by atoms with van der Waals surface area (Å²) in [6.07, 6.45) is 3.78. The number of hydrogen-bond acceptors (Lipinski definition) is 4. The van der Waals surface area contributed by atoms with Crippen LogP contribution in [-0.2, 0) is 14.8 Å². The van der Waals surface area contributed by atoms with E-state index in [9.17, 15) is 13.2 Å². The molecule has 1 unspecified atom stereocenters. The molecule has 0 radical (unpaired) electrons. The van der Waals surface area contributed by atoms with E-state index < -0.39 is 16.1 Å². The summed E-state index contributed by atoms with van der Waals surface area (Å²) in [5, 5.41) is 3.15. The Balaban J connectivity index is 2.10. The fourth-order valence-electron chi connectivity index (χ4n) is 3.05. The quantitative estimate of drug-likeness (QED) is 0.924. The summed E-state index contributed by atoms with van der Waals surface area (Å²) in [6.45, 7) is 0.358. The zero-order valence-corrected chi connectivity index (χ0v) is 13.7. The van der Waals surface area contributed by atoms with Crippen LogP contribution in [0.15, 0.2) is 41.4 Å². The zero-order chi connectivity index (χ0) is 16.4. The monoisotopic (exact) mass is 333 g/mol. The summed E-state index contributed by atoms with van der Waals surface area (Å²) in [6, 6.07) is 7.85. The van der Waals surface area contributed by atoms with Crippen LogP contribution in [-0.4, -0.2) is 43.2 Å². The van der Waals surface area contributed by atoms with Crippen LogP contribution in [0.4, 0.5) is 0 Å². The fourth-order valence-corrected chi connectivity index (χ4v) is 4.91. The van der Waals surface area contributed by atoms with Gasteiger partial charge in [-0.3, -0.25) is 9.78 Å². The van der Waals surface area contributed by atoms with Crippen LogP contribution >= 0.6 is 0 Å². The van der Waals surface area contributed by atoms with Crippen LogP contribution in [0, 0.1) is 0 Å². The molecule has 1 N–H and O–H groups in total. The molecule has 0 spiro atoms. The van der Waals surface area contributed by atoms with E-state index in [2.05, 4.69) is 10.3 Å². The lowest BCUT2D eigenvalue weighted by Crippen LogP contribution is -2.51. The Morgan fingerprint density at radius 3 is 2.87 bits per heavy atom. The number of carbonyl (C=O) groups excluding carboxylic acids is 1. The molecule has 1 aliphatic heterocycles. The van der Waals surface area contributed by atoms with Crippen molar-refractivity contribution in [1.29, 1.82) is 0 Å². The first-order valence-corrected chi connectivity index (χ1v) is 9.07. The van der Waals surface area contributed by atoms with Crippen molar-refractivity contribution in [1.82, 2.24) is 14.6 Å². The normalized spacial score (nSPS) is 19.6. The second kappa shape index (κ2) is 6.25. The lowest BCUT2D eigenvalue weighted by Gasteiger charge is -2.33. The molecule has 1 atom stereocenters. The van der Waals surface area contributed by atoms with Gasteiger partial charge in [-0.05, 0) is 37.1 Å². The predicted octanol–water partition coefficient (Wildman–Crippen LogP) is 1.52. The topological polar surface area (TPSA) is 79.4 Å². The van der Waals surface area contributed by atoms with Crippen molar-refractivity contribution in [2.45, 2.75) is 30.2 Å². The zero-order valence-electron chi connectivity index (χ0n) is 12.9. The molecule has 0 saturated carbocycles. The molecule has 1 fully saturated rings. The summed E-state index contributed by atoms with van der Waals surface area (Å²) in [5.41, 5.74) is 0.627. The number of nitrogens with one attached hydrogen (secondary N) is 1. The first-order valence-electron chi connectivity index (χ1n) is 7.63. The molecular weight excluding hydrogens is 314 g/mol. The largest absolute Gasteiger partial charge is 0.358 e. The van der Waals surface area contributed by atoms with Gasteiger partial charge in [-0.1, -0.05) is 12.5 Å². The number of hydrogen-bond donors (Lipinski definition) is 1. The van der Waals surface area contributed by atoms with E-state index >= 15 is 0 Å². The van der Waals surface area contributed by atoms with Crippen molar-refractivity contribution in [3.05, 3.63) is 36.5 Å². The van der Waals surface area contributed by atoms with Gasteiger partial charge >= 0.3 is 0 Å². The molecule has 2 heterocycles. The minimum atomic E-state index is -3.76. The molecule has 1 amide bonds. The molecule has 1 aromatic heterocycles. The second-order valence-corrected chi connectivity index (χ2v) is 7.43. The molecule has 7 heteroatoms. The van der Waals surface area contributed by atoms with Crippen molar-refractivity contribution in [2.75, 3.05) is 13.6 Å². The smallest absolute Gasteiger partial charge is 0.244 e. The molecule has 2 aromatic rings. The van der Waals surface area contributed by atoms with Gasteiger partial charge in [-0.2, -0.15) is 4.31 Å². The average molecular weight is 333 g/mol. The molecule has 23 heavy (non-hydrogen) atoms. The number of piperidine rings is 1. The van der Waals surface area contributed by atoms with Gasteiger partial charge in [0.05, 0.1) is 10.4 Å². The van der Waals surface area contributed by atoms with Crippen molar-refractivity contribution in [3.8, 4) is 0 Å². The Kier molecular flexibility index (Phi) is 4.32. The first-order chi connectivity index (χ1) is 11.1. The number of benzene rings is 1. The lowest BCUT2D eigenvalue weighted by molar-refractivity contribution is -0.125. The Hall–Kier alpha value is -1.99. The summed E-state index contributed by atoms with van der Waals surface area (Å²) in [5.74, 6) is -0.258.